The molecule has 2 N–H and O–H groups in total. The maximum Gasteiger partial charge on any atom is 0.234 e. The summed E-state index contributed by atoms with van der Waals surface area (Å²) in [5, 5.41) is 18.9. The maximum absolute atomic E-state index is 8.71. The van der Waals surface area contributed by atoms with Gasteiger partial charge in [-0.05, 0) is 6.07 Å². The highest BCUT2D eigenvalue weighted by molar-refractivity contribution is 5.52. The first-order chi connectivity index (χ1) is 8.49. The highest BCUT2D eigenvalue weighted by Gasteiger charge is 2.16. The van der Waals surface area contributed by atoms with Crippen LogP contribution in [-0.2, 0) is 5.41 Å². The average molecular weight is 242 g/mol. The first-order valence-electron chi connectivity index (χ1n) is 5.55. The van der Waals surface area contributed by atoms with Crippen molar-refractivity contribution in [1.29, 1.82) is 5.26 Å². The van der Waals surface area contributed by atoms with Gasteiger partial charge in [-0.3, -0.25) is 5.10 Å². The molecule has 0 bridgehead atoms. The Bertz CT molecular complexity index is 587. The van der Waals surface area contributed by atoms with Crippen LogP contribution in [0.2, 0.25) is 0 Å². The summed E-state index contributed by atoms with van der Waals surface area (Å²) in [7, 11) is 0. The summed E-state index contributed by atoms with van der Waals surface area (Å²) in [5.41, 5.74) is 1.04. The number of nitriles is 1. The van der Waals surface area contributed by atoms with Crippen LogP contribution in [0.5, 0.6) is 0 Å². The molecule has 0 amide bonds. The fourth-order valence-electron chi connectivity index (χ4n) is 1.38. The van der Waals surface area contributed by atoms with Gasteiger partial charge in [-0.1, -0.05) is 20.8 Å². The molecule has 0 atom stereocenters. The fraction of sp³-hybridized carbons (Fsp3) is 0.333. The van der Waals surface area contributed by atoms with Crippen molar-refractivity contribution < 1.29 is 0 Å². The molecule has 0 spiro atoms. The third kappa shape index (κ3) is 2.63. The minimum absolute atomic E-state index is 0.0103. The highest BCUT2D eigenvalue weighted by atomic mass is 15.2. The van der Waals surface area contributed by atoms with Crippen molar-refractivity contribution in [3.63, 3.8) is 0 Å². The van der Waals surface area contributed by atoms with E-state index in [1.54, 1.807) is 6.07 Å². The normalized spacial score (nSPS) is 11.0. The summed E-state index contributed by atoms with van der Waals surface area (Å²) < 4.78 is 0. The molecule has 18 heavy (non-hydrogen) atoms. The molecule has 0 aliphatic rings. The first-order valence-corrected chi connectivity index (χ1v) is 5.55. The first kappa shape index (κ1) is 12.0. The Morgan fingerprint density at radius 2 is 2.11 bits per heavy atom. The van der Waals surface area contributed by atoms with Crippen molar-refractivity contribution in [3.05, 3.63) is 29.8 Å². The summed E-state index contributed by atoms with van der Waals surface area (Å²) in [5.74, 6) is 1.35. The van der Waals surface area contributed by atoms with Crippen LogP contribution in [0.15, 0.2) is 18.3 Å². The molecule has 0 aliphatic heterocycles. The molecule has 0 saturated heterocycles. The lowest BCUT2D eigenvalue weighted by Crippen LogP contribution is -2.11. The number of nitrogens with zero attached hydrogens (tertiary/aromatic N) is 4. The van der Waals surface area contributed by atoms with E-state index < -0.39 is 0 Å². The van der Waals surface area contributed by atoms with Crippen LogP contribution < -0.4 is 5.32 Å². The molecule has 0 radical (unpaired) electrons. The molecular formula is C12H14N6. The predicted octanol–water partition coefficient (Wildman–Crippen LogP) is 2.11. The van der Waals surface area contributed by atoms with E-state index in [0.29, 0.717) is 11.6 Å². The molecule has 0 aliphatic carbocycles. The largest absolute Gasteiger partial charge is 0.323 e. The van der Waals surface area contributed by atoms with Gasteiger partial charge in [0.05, 0.1) is 0 Å². The van der Waals surface area contributed by atoms with Crippen LogP contribution >= 0.6 is 0 Å². The number of aromatic amines is 1. The summed E-state index contributed by atoms with van der Waals surface area (Å²) in [6.07, 6.45) is 1.53. The van der Waals surface area contributed by atoms with Crippen LogP contribution in [0.4, 0.5) is 11.6 Å². The molecule has 6 heteroatoms. The topological polar surface area (TPSA) is 90.3 Å². The number of hydrogen-bond acceptors (Lipinski definition) is 5. The van der Waals surface area contributed by atoms with E-state index in [9.17, 15) is 0 Å². The molecule has 2 aromatic rings. The van der Waals surface area contributed by atoms with Crippen molar-refractivity contribution in [1.82, 2.24) is 20.2 Å². The van der Waals surface area contributed by atoms with E-state index in [4.69, 9.17) is 5.26 Å². The lowest BCUT2D eigenvalue weighted by atomic mass is 9.92. The molecule has 2 aromatic heterocycles. The Morgan fingerprint density at radius 3 is 2.72 bits per heavy atom. The fourth-order valence-corrected chi connectivity index (χ4v) is 1.38. The van der Waals surface area contributed by atoms with Gasteiger partial charge in [0.1, 0.15) is 11.9 Å². The molecule has 0 fully saturated rings. The van der Waals surface area contributed by atoms with Gasteiger partial charge >= 0.3 is 0 Å². The molecule has 6 nitrogen and oxygen atoms in total. The van der Waals surface area contributed by atoms with E-state index in [0.717, 1.165) is 5.69 Å². The minimum Gasteiger partial charge on any atom is -0.323 e. The second-order valence-corrected chi connectivity index (χ2v) is 4.92. The number of aromatic nitrogens is 4. The second kappa shape index (κ2) is 4.45. The van der Waals surface area contributed by atoms with Gasteiger partial charge in [-0.15, -0.1) is 0 Å². The Labute approximate surface area is 105 Å². The van der Waals surface area contributed by atoms with Crippen LogP contribution in [-0.4, -0.2) is 20.2 Å². The lowest BCUT2D eigenvalue weighted by Gasteiger charge is -2.14. The molecule has 0 aromatic carbocycles. The van der Waals surface area contributed by atoms with Gasteiger partial charge in [0.25, 0.3) is 0 Å². The zero-order chi connectivity index (χ0) is 13.2. The lowest BCUT2D eigenvalue weighted by molar-refractivity contribution is 0.567. The Kier molecular flexibility index (Phi) is 2.98. The van der Waals surface area contributed by atoms with Gasteiger partial charge < -0.3 is 5.32 Å². The maximum atomic E-state index is 8.71. The number of rotatable bonds is 2. The minimum atomic E-state index is 0.0103. The number of hydrogen-bond donors (Lipinski definition) is 2. The van der Waals surface area contributed by atoms with Crippen molar-refractivity contribution in [2.75, 3.05) is 5.32 Å². The summed E-state index contributed by atoms with van der Waals surface area (Å²) >= 11 is 0. The molecule has 2 heterocycles. The number of anilines is 2. The quantitative estimate of drug-likeness (QED) is 0.841. The van der Waals surface area contributed by atoms with E-state index in [1.807, 2.05) is 12.1 Å². The van der Waals surface area contributed by atoms with Gasteiger partial charge in [0.2, 0.25) is 5.82 Å². The van der Waals surface area contributed by atoms with E-state index in [1.165, 1.54) is 6.20 Å². The SMILES string of the molecule is CC(C)(C)c1cc(Nc2ccnc(C#N)n2)n[nH]1. The summed E-state index contributed by atoms with van der Waals surface area (Å²) in [6.45, 7) is 6.30. The number of nitrogens with one attached hydrogen (secondary N) is 2. The van der Waals surface area contributed by atoms with Gasteiger partial charge in [-0.2, -0.15) is 10.4 Å². The van der Waals surface area contributed by atoms with Crippen LogP contribution in [0.3, 0.4) is 0 Å². The summed E-state index contributed by atoms with van der Waals surface area (Å²) in [6, 6.07) is 5.50. The molecular weight excluding hydrogens is 228 g/mol. The van der Waals surface area contributed by atoms with Crippen molar-refractivity contribution >= 4 is 11.6 Å². The van der Waals surface area contributed by atoms with E-state index in [-0.39, 0.29) is 11.2 Å². The second-order valence-electron chi connectivity index (χ2n) is 4.92. The molecule has 0 saturated carbocycles. The van der Waals surface area contributed by atoms with Gasteiger partial charge in [0, 0.05) is 23.4 Å². The molecule has 92 valence electrons. The van der Waals surface area contributed by atoms with Crippen molar-refractivity contribution in [3.8, 4) is 6.07 Å². The average Bonchev–Trinajstić information content (AvgIpc) is 2.77. The third-order valence-electron chi connectivity index (χ3n) is 2.40. The van der Waals surface area contributed by atoms with Gasteiger partial charge in [-0.25, -0.2) is 9.97 Å². The number of H-pyrrole nitrogens is 1. The van der Waals surface area contributed by atoms with E-state index in [2.05, 4.69) is 46.3 Å². The van der Waals surface area contributed by atoms with Crippen molar-refractivity contribution in [2.24, 2.45) is 0 Å². The van der Waals surface area contributed by atoms with Gasteiger partial charge in [0.15, 0.2) is 5.82 Å². The van der Waals surface area contributed by atoms with Crippen LogP contribution in [0.25, 0.3) is 0 Å². The van der Waals surface area contributed by atoms with Crippen LogP contribution in [0, 0.1) is 11.3 Å². The van der Waals surface area contributed by atoms with Crippen LogP contribution in [0.1, 0.15) is 32.3 Å². The van der Waals surface area contributed by atoms with Crippen molar-refractivity contribution in [2.45, 2.75) is 26.2 Å². The highest BCUT2D eigenvalue weighted by Crippen LogP contribution is 2.23. The predicted molar refractivity (Wildman–Crippen MR) is 67.3 cm³/mol. The zero-order valence-electron chi connectivity index (χ0n) is 10.5. The monoisotopic (exact) mass is 242 g/mol. The molecule has 0 unspecified atom stereocenters. The van der Waals surface area contributed by atoms with E-state index >= 15 is 0 Å². The molecule has 2 rings (SSSR count). The Hall–Kier alpha value is -2.42. The Morgan fingerprint density at radius 1 is 1.33 bits per heavy atom. The zero-order valence-corrected chi connectivity index (χ0v) is 10.5. The Balaban J connectivity index is 2.19. The standard InChI is InChI=1S/C12H14N6/c1-12(2,3)8-6-10(18-17-8)15-9-4-5-14-11(7-13)16-9/h4-6H,1-3H3,(H2,14,15,16,17,18). The summed E-state index contributed by atoms with van der Waals surface area (Å²) in [4.78, 5) is 7.82. The third-order valence-corrected chi connectivity index (χ3v) is 2.40. The smallest absolute Gasteiger partial charge is 0.234 e.